The Kier molecular flexibility index (Phi) is 9.96. The maximum Gasteiger partial charge on any atom is 0.262 e. The first-order chi connectivity index (χ1) is 17.5. The third kappa shape index (κ3) is 7.92. The number of rotatable bonds is 12. The van der Waals surface area contributed by atoms with Crippen LogP contribution in [0.2, 0.25) is 0 Å². The Bertz CT molecular complexity index is 1200. The lowest BCUT2D eigenvalue weighted by atomic mass is 10.1. The summed E-state index contributed by atoms with van der Waals surface area (Å²) in [5.74, 6) is -1.69. The molecule has 3 amide bonds. The van der Waals surface area contributed by atoms with Crippen LogP contribution in [0.25, 0.3) is 0 Å². The van der Waals surface area contributed by atoms with E-state index in [0.29, 0.717) is 37.4 Å². The maximum atomic E-state index is 13.7. The van der Waals surface area contributed by atoms with Crippen molar-refractivity contribution in [3.8, 4) is 5.75 Å². The van der Waals surface area contributed by atoms with Gasteiger partial charge in [0.25, 0.3) is 17.7 Å². The second-order valence-corrected chi connectivity index (χ2v) is 7.65. The van der Waals surface area contributed by atoms with Crippen molar-refractivity contribution in [2.45, 2.75) is 13.3 Å². The van der Waals surface area contributed by atoms with Gasteiger partial charge in [0.1, 0.15) is 11.6 Å². The lowest BCUT2D eigenvalue weighted by molar-refractivity contribution is -0.118. The molecule has 0 fully saturated rings. The Balaban J connectivity index is 1.59. The van der Waals surface area contributed by atoms with Crippen LogP contribution in [0.4, 0.5) is 15.8 Å². The predicted molar refractivity (Wildman–Crippen MR) is 135 cm³/mol. The molecule has 3 aromatic rings. The summed E-state index contributed by atoms with van der Waals surface area (Å²) in [5, 5.41) is 7.98. The van der Waals surface area contributed by atoms with Crippen LogP contribution in [0.1, 0.15) is 34.1 Å². The van der Waals surface area contributed by atoms with Gasteiger partial charge in [-0.15, -0.1) is 0 Å². The molecule has 0 atom stereocenters. The highest BCUT2D eigenvalue weighted by Gasteiger charge is 2.15. The van der Waals surface area contributed by atoms with Crippen molar-refractivity contribution in [1.82, 2.24) is 5.32 Å². The van der Waals surface area contributed by atoms with Gasteiger partial charge in [0.15, 0.2) is 6.61 Å². The molecule has 0 heterocycles. The highest BCUT2D eigenvalue weighted by molar-refractivity contribution is 6.07. The molecule has 0 aromatic heterocycles. The fourth-order valence-corrected chi connectivity index (χ4v) is 3.23. The Hall–Kier alpha value is -4.24. The van der Waals surface area contributed by atoms with E-state index in [0.717, 1.165) is 0 Å². The largest absolute Gasteiger partial charge is 0.483 e. The zero-order chi connectivity index (χ0) is 25.8. The molecule has 36 heavy (non-hydrogen) atoms. The van der Waals surface area contributed by atoms with Crippen LogP contribution in [-0.2, 0) is 9.53 Å². The zero-order valence-electron chi connectivity index (χ0n) is 19.9. The second kappa shape index (κ2) is 13.6. The second-order valence-electron chi connectivity index (χ2n) is 7.65. The molecule has 0 radical (unpaired) electrons. The van der Waals surface area contributed by atoms with Gasteiger partial charge in [0.2, 0.25) is 0 Å². The standard InChI is InChI=1S/C27H28FN3O5/c1-2-35-16-8-15-29-26(33)19-9-7-10-20(17-19)30-27(34)21-11-3-6-14-24(21)36-18-25(32)31-23-13-5-4-12-22(23)28/h3-7,9-14,17H,2,8,15-16,18H2,1H3,(H,29,33)(H,30,34)(H,31,32). The first-order valence-corrected chi connectivity index (χ1v) is 11.5. The van der Waals surface area contributed by atoms with E-state index in [4.69, 9.17) is 9.47 Å². The minimum Gasteiger partial charge on any atom is -0.483 e. The average Bonchev–Trinajstić information content (AvgIpc) is 2.89. The van der Waals surface area contributed by atoms with Crippen molar-refractivity contribution in [1.29, 1.82) is 0 Å². The van der Waals surface area contributed by atoms with Gasteiger partial charge in [-0.05, 0) is 55.8 Å². The number of hydrogen-bond donors (Lipinski definition) is 3. The molecule has 3 aromatic carbocycles. The molecule has 3 N–H and O–H groups in total. The molecule has 0 aliphatic heterocycles. The number of para-hydroxylation sites is 2. The van der Waals surface area contributed by atoms with Gasteiger partial charge >= 0.3 is 0 Å². The lowest BCUT2D eigenvalue weighted by Crippen LogP contribution is -2.25. The minimum absolute atomic E-state index is 0.0374. The molecule has 0 saturated heterocycles. The summed E-state index contributed by atoms with van der Waals surface area (Å²) in [6.07, 6.45) is 0.700. The quantitative estimate of drug-likeness (QED) is 0.327. The van der Waals surface area contributed by atoms with E-state index in [1.165, 1.54) is 18.2 Å². The van der Waals surface area contributed by atoms with Crippen LogP contribution >= 0.6 is 0 Å². The van der Waals surface area contributed by atoms with E-state index in [-0.39, 0.29) is 22.9 Å². The van der Waals surface area contributed by atoms with Gasteiger partial charge < -0.3 is 25.4 Å². The third-order valence-electron chi connectivity index (χ3n) is 4.98. The fraction of sp³-hybridized carbons (Fsp3) is 0.222. The topological polar surface area (TPSA) is 106 Å². The average molecular weight is 494 g/mol. The number of carbonyl (C=O) groups is 3. The number of ether oxygens (including phenoxy) is 2. The van der Waals surface area contributed by atoms with Gasteiger partial charge in [-0.1, -0.05) is 30.3 Å². The minimum atomic E-state index is -0.574. The molecule has 0 spiro atoms. The first kappa shape index (κ1) is 26.4. The number of benzene rings is 3. The van der Waals surface area contributed by atoms with Gasteiger partial charge in [-0.3, -0.25) is 14.4 Å². The van der Waals surface area contributed by atoms with E-state index in [1.54, 1.807) is 54.6 Å². The Morgan fingerprint density at radius 2 is 1.67 bits per heavy atom. The molecule has 188 valence electrons. The van der Waals surface area contributed by atoms with Crippen molar-refractivity contribution in [2.75, 3.05) is 37.0 Å². The smallest absolute Gasteiger partial charge is 0.262 e. The van der Waals surface area contributed by atoms with Gasteiger partial charge in [-0.2, -0.15) is 0 Å². The fourth-order valence-electron chi connectivity index (χ4n) is 3.23. The summed E-state index contributed by atoms with van der Waals surface area (Å²) >= 11 is 0. The molecule has 0 aliphatic rings. The van der Waals surface area contributed by atoms with Gasteiger partial charge in [0, 0.05) is 31.0 Å². The highest BCUT2D eigenvalue weighted by Crippen LogP contribution is 2.21. The van der Waals surface area contributed by atoms with Crippen molar-refractivity contribution in [2.24, 2.45) is 0 Å². The molecule has 8 nitrogen and oxygen atoms in total. The summed E-state index contributed by atoms with van der Waals surface area (Å²) in [6, 6.07) is 18.8. The van der Waals surface area contributed by atoms with Crippen molar-refractivity contribution in [3.05, 3.63) is 89.7 Å². The Morgan fingerprint density at radius 1 is 0.889 bits per heavy atom. The van der Waals surface area contributed by atoms with Crippen LogP contribution in [-0.4, -0.2) is 44.1 Å². The Morgan fingerprint density at radius 3 is 2.47 bits per heavy atom. The normalized spacial score (nSPS) is 10.4. The van der Waals surface area contributed by atoms with Crippen LogP contribution in [0, 0.1) is 5.82 Å². The van der Waals surface area contributed by atoms with E-state index in [1.807, 2.05) is 6.92 Å². The highest BCUT2D eigenvalue weighted by atomic mass is 19.1. The maximum absolute atomic E-state index is 13.7. The van der Waals surface area contributed by atoms with E-state index >= 15 is 0 Å². The van der Waals surface area contributed by atoms with Gasteiger partial charge in [0.05, 0.1) is 11.3 Å². The van der Waals surface area contributed by atoms with E-state index in [2.05, 4.69) is 16.0 Å². The molecule has 0 unspecified atom stereocenters. The lowest BCUT2D eigenvalue weighted by Gasteiger charge is -2.13. The monoisotopic (exact) mass is 493 g/mol. The van der Waals surface area contributed by atoms with Crippen LogP contribution in [0.15, 0.2) is 72.8 Å². The molecule has 0 aliphatic carbocycles. The summed E-state index contributed by atoms with van der Waals surface area (Å²) in [5.41, 5.74) is 1.06. The third-order valence-corrected chi connectivity index (χ3v) is 4.98. The number of amides is 3. The molecule has 0 bridgehead atoms. The van der Waals surface area contributed by atoms with Gasteiger partial charge in [-0.25, -0.2) is 4.39 Å². The van der Waals surface area contributed by atoms with Crippen LogP contribution in [0.5, 0.6) is 5.75 Å². The number of hydrogen-bond acceptors (Lipinski definition) is 5. The summed E-state index contributed by atoms with van der Waals surface area (Å²) in [6.45, 7) is 3.17. The SMILES string of the molecule is CCOCCCNC(=O)c1cccc(NC(=O)c2ccccc2OCC(=O)Nc2ccccc2F)c1. The van der Waals surface area contributed by atoms with Crippen LogP contribution < -0.4 is 20.7 Å². The first-order valence-electron chi connectivity index (χ1n) is 11.5. The Labute approximate surface area is 208 Å². The molecule has 9 heteroatoms. The van der Waals surface area contributed by atoms with Crippen molar-refractivity contribution in [3.63, 3.8) is 0 Å². The van der Waals surface area contributed by atoms with E-state index < -0.39 is 24.2 Å². The summed E-state index contributed by atoms with van der Waals surface area (Å²) in [4.78, 5) is 37.5. The number of anilines is 2. The van der Waals surface area contributed by atoms with Crippen molar-refractivity contribution < 1.29 is 28.2 Å². The summed E-state index contributed by atoms with van der Waals surface area (Å²) < 4.78 is 24.5. The number of nitrogens with one attached hydrogen (secondary N) is 3. The summed E-state index contributed by atoms with van der Waals surface area (Å²) in [7, 11) is 0. The predicted octanol–water partition coefficient (Wildman–Crippen LogP) is 4.25. The molecule has 0 saturated carbocycles. The molecule has 3 rings (SSSR count). The molecular formula is C27H28FN3O5. The van der Waals surface area contributed by atoms with E-state index in [9.17, 15) is 18.8 Å². The zero-order valence-corrected chi connectivity index (χ0v) is 19.9. The van der Waals surface area contributed by atoms with Crippen LogP contribution in [0.3, 0.4) is 0 Å². The number of carbonyl (C=O) groups excluding carboxylic acids is 3. The number of halogens is 1. The van der Waals surface area contributed by atoms with Crippen molar-refractivity contribution >= 4 is 29.1 Å². The molecular weight excluding hydrogens is 465 g/mol.